The number of thioether (sulfide) groups is 1. The van der Waals surface area contributed by atoms with Crippen LogP contribution in [0, 0.1) is 6.92 Å². The van der Waals surface area contributed by atoms with E-state index < -0.39 is 0 Å². The molecule has 0 saturated carbocycles. The van der Waals surface area contributed by atoms with Crippen LogP contribution >= 0.6 is 11.8 Å². The third-order valence-electron chi connectivity index (χ3n) is 2.81. The Morgan fingerprint density at radius 2 is 2.28 bits per heavy atom. The van der Waals surface area contributed by atoms with Gasteiger partial charge in [0.05, 0.1) is 6.61 Å². The third kappa shape index (κ3) is 5.33. The molecule has 1 aromatic heterocycles. The Labute approximate surface area is 114 Å². The fourth-order valence-corrected chi connectivity index (χ4v) is 2.59. The van der Waals surface area contributed by atoms with E-state index in [0.29, 0.717) is 0 Å². The highest BCUT2D eigenvalue weighted by atomic mass is 32.2. The van der Waals surface area contributed by atoms with Gasteiger partial charge in [0.25, 0.3) is 0 Å². The van der Waals surface area contributed by atoms with Crippen LogP contribution in [-0.2, 0) is 0 Å². The molecule has 0 bridgehead atoms. The number of aliphatic hydroxyl groups excluding tert-OH is 1. The average molecular weight is 269 g/mol. The van der Waals surface area contributed by atoms with Crippen LogP contribution in [0.4, 0.5) is 0 Å². The van der Waals surface area contributed by atoms with Crippen LogP contribution in [0.2, 0.25) is 0 Å². The number of aromatic nitrogens is 2. The van der Waals surface area contributed by atoms with Gasteiger partial charge in [-0.1, -0.05) is 18.7 Å². The number of nitrogens with zero attached hydrogens (tertiary/aromatic N) is 2. The van der Waals surface area contributed by atoms with E-state index in [-0.39, 0.29) is 12.1 Å². The van der Waals surface area contributed by atoms with E-state index in [1.54, 1.807) is 18.0 Å². The van der Waals surface area contributed by atoms with Crippen LogP contribution in [0.3, 0.4) is 0 Å². The molecule has 1 unspecified atom stereocenters. The zero-order chi connectivity index (χ0) is 13.4. The Balaban J connectivity index is 2.39. The molecule has 1 atom stereocenters. The van der Waals surface area contributed by atoms with Gasteiger partial charge in [0.1, 0.15) is 0 Å². The summed E-state index contributed by atoms with van der Waals surface area (Å²) >= 11 is 1.64. The molecular formula is C13H23N3OS. The maximum absolute atomic E-state index is 9.45. The molecule has 18 heavy (non-hydrogen) atoms. The summed E-state index contributed by atoms with van der Waals surface area (Å²) in [7, 11) is 0. The molecule has 0 aliphatic rings. The lowest BCUT2D eigenvalue weighted by Gasteiger charge is -2.28. The first-order chi connectivity index (χ1) is 8.59. The molecule has 102 valence electrons. The van der Waals surface area contributed by atoms with Crippen molar-refractivity contribution >= 4 is 11.8 Å². The molecule has 0 amide bonds. The minimum absolute atomic E-state index is 0.155. The van der Waals surface area contributed by atoms with Gasteiger partial charge in [-0.25, -0.2) is 9.97 Å². The lowest BCUT2D eigenvalue weighted by Crippen LogP contribution is -2.46. The van der Waals surface area contributed by atoms with Crippen LogP contribution in [0.1, 0.15) is 32.4 Å². The zero-order valence-electron chi connectivity index (χ0n) is 11.4. The number of hydrogen-bond acceptors (Lipinski definition) is 5. The highest BCUT2D eigenvalue weighted by Crippen LogP contribution is 2.18. The summed E-state index contributed by atoms with van der Waals surface area (Å²) in [5.41, 5.74) is 0.786. The molecule has 4 nitrogen and oxygen atoms in total. The van der Waals surface area contributed by atoms with Crippen LogP contribution in [-0.4, -0.2) is 39.5 Å². The second-order valence-corrected chi connectivity index (χ2v) is 5.79. The van der Waals surface area contributed by atoms with Crippen molar-refractivity contribution in [3.8, 4) is 0 Å². The summed E-state index contributed by atoms with van der Waals surface area (Å²) in [6.45, 7) is 7.23. The summed E-state index contributed by atoms with van der Waals surface area (Å²) in [5, 5.41) is 13.7. The van der Waals surface area contributed by atoms with Crippen molar-refractivity contribution in [3.63, 3.8) is 0 Å². The predicted octanol–water partition coefficient (Wildman–Crippen LogP) is 2.02. The lowest BCUT2D eigenvalue weighted by molar-refractivity contribution is 0.171. The molecule has 2 N–H and O–H groups in total. The van der Waals surface area contributed by atoms with Gasteiger partial charge in [0.15, 0.2) is 5.16 Å². The lowest BCUT2D eigenvalue weighted by atomic mass is 10.0. The van der Waals surface area contributed by atoms with E-state index in [1.165, 1.54) is 0 Å². The van der Waals surface area contributed by atoms with Gasteiger partial charge in [-0.3, -0.25) is 0 Å². The summed E-state index contributed by atoms with van der Waals surface area (Å²) in [5.74, 6) is 0.900. The van der Waals surface area contributed by atoms with Gasteiger partial charge in [-0.15, -0.1) is 0 Å². The first-order valence-electron chi connectivity index (χ1n) is 6.38. The monoisotopic (exact) mass is 269 g/mol. The summed E-state index contributed by atoms with van der Waals surface area (Å²) < 4.78 is 0. The van der Waals surface area contributed by atoms with Gasteiger partial charge in [-0.2, -0.15) is 0 Å². The maximum atomic E-state index is 9.45. The van der Waals surface area contributed by atoms with Crippen molar-refractivity contribution in [1.82, 2.24) is 15.3 Å². The smallest absolute Gasteiger partial charge is 0.187 e. The fraction of sp³-hybridized carbons (Fsp3) is 0.692. The van der Waals surface area contributed by atoms with Crippen molar-refractivity contribution in [2.75, 3.05) is 18.9 Å². The predicted molar refractivity (Wildman–Crippen MR) is 75.9 cm³/mol. The number of rotatable bonds is 8. The SMILES string of the molecule is CCCNC(C)(CO)CCSc1nccc(C)n1. The Bertz CT molecular complexity index is 362. The topological polar surface area (TPSA) is 58.0 Å². The Kier molecular flexibility index (Phi) is 6.60. The van der Waals surface area contributed by atoms with E-state index in [9.17, 15) is 5.11 Å². The van der Waals surface area contributed by atoms with Crippen molar-refractivity contribution in [2.45, 2.75) is 44.3 Å². The van der Waals surface area contributed by atoms with Crippen LogP contribution in [0.25, 0.3) is 0 Å². The largest absolute Gasteiger partial charge is 0.394 e. The van der Waals surface area contributed by atoms with Crippen molar-refractivity contribution in [2.24, 2.45) is 0 Å². The molecule has 0 spiro atoms. The standard InChI is InChI=1S/C13H23N3OS/c1-4-7-15-13(3,10-17)6-9-18-12-14-8-5-11(2)16-12/h5,8,15,17H,4,6-7,9-10H2,1-3H3. The average Bonchev–Trinajstić information content (AvgIpc) is 2.36. The first-order valence-corrected chi connectivity index (χ1v) is 7.36. The van der Waals surface area contributed by atoms with Crippen LogP contribution in [0.5, 0.6) is 0 Å². The van der Waals surface area contributed by atoms with Gasteiger partial charge in [0.2, 0.25) is 0 Å². The normalized spacial score (nSPS) is 14.4. The van der Waals surface area contributed by atoms with Gasteiger partial charge < -0.3 is 10.4 Å². The highest BCUT2D eigenvalue weighted by Gasteiger charge is 2.21. The summed E-state index contributed by atoms with van der Waals surface area (Å²) in [6, 6.07) is 1.89. The Morgan fingerprint density at radius 1 is 1.50 bits per heavy atom. The van der Waals surface area contributed by atoms with Crippen molar-refractivity contribution < 1.29 is 5.11 Å². The molecule has 1 aromatic rings. The van der Waals surface area contributed by atoms with Crippen molar-refractivity contribution in [3.05, 3.63) is 18.0 Å². The quantitative estimate of drug-likeness (QED) is 0.558. The minimum atomic E-state index is -0.202. The van der Waals surface area contributed by atoms with Gasteiger partial charge in [-0.05, 0) is 39.3 Å². The number of aryl methyl sites for hydroxylation is 1. The highest BCUT2D eigenvalue weighted by molar-refractivity contribution is 7.99. The minimum Gasteiger partial charge on any atom is -0.394 e. The molecule has 5 heteroatoms. The third-order valence-corrected chi connectivity index (χ3v) is 3.67. The van der Waals surface area contributed by atoms with E-state index in [0.717, 1.165) is 36.0 Å². The molecule has 0 fully saturated rings. The molecule has 0 aliphatic carbocycles. The molecule has 1 heterocycles. The molecule has 0 radical (unpaired) electrons. The van der Waals surface area contributed by atoms with Crippen LogP contribution in [0.15, 0.2) is 17.4 Å². The number of aliphatic hydroxyl groups is 1. The summed E-state index contributed by atoms with van der Waals surface area (Å²) in [4.78, 5) is 8.57. The molecule has 0 aromatic carbocycles. The van der Waals surface area contributed by atoms with E-state index in [2.05, 4.69) is 29.1 Å². The molecule has 0 saturated heterocycles. The Hall–Kier alpha value is -0.650. The Morgan fingerprint density at radius 3 is 2.89 bits per heavy atom. The van der Waals surface area contributed by atoms with E-state index >= 15 is 0 Å². The maximum Gasteiger partial charge on any atom is 0.187 e. The number of nitrogens with one attached hydrogen (secondary N) is 1. The van der Waals surface area contributed by atoms with Gasteiger partial charge in [0, 0.05) is 23.2 Å². The molecular weight excluding hydrogens is 246 g/mol. The van der Waals surface area contributed by atoms with Crippen LogP contribution < -0.4 is 5.32 Å². The van der Waals surface area contributed by atoms with Gasteiger partial charge >= 0.3 is 0 Å². The second kappa shape index (κ2) is 7.71. The van der Waals surface area contributed by atoms with E-state index in [4.69, 9.17) is 0 Å². The second-order valence-electron chi connectivity index (χ2n) is 4.72. The first kappa shape index (κ1) is 15.4. The molecule has 0 aliphatic heterocycles. The summed E-state index contributed by atoms with van der Waals surface area (Å²) in [6.07, 6.45) is 3.75. The molecule has 1 rings (SSSR count). The fourth-order valence-electron chi connectivity index (χ4n) is 1.51. The van der Waals surface area contributed by atoms with E-state index in [1.807, 2.05) is 13.0 Å². The zero-order valence-corrected chi connectivity index (χ0v) is 12.3. The van der Waals surface area contributed by atoms with Crippen molar-refractivity contribution in [1.29, 1.82) is 0 Å². The number of hydrogen-bond donors (Lipinski definition) is 2.